The first-order valence-corrected chi connectivity index (χ1v) is 11.0. The monoisotopic (exact) mass is 448 g/mol. The van der Waals surface area contributed by atoms with Crippen molar-refractivity contribution in [3.63, 3.8) is 0 Å². The molecule has 1 amide bonds. The van der Waals surface area contributed by atoms with Gasteiger partial charge in [0.25, 0.3) is 0 Å². The molecule has 0 heterocycles. The van der Waals surface area contributed by atoms with Crippen LogP contribution in [-0.2, 0) is 24.3 Å². The van der Waals surface area contributed by atoms with Gasteiger partial charge >= 0.3 is 11.9 Å². The molecule has 0 saturated carbocycles. The lowest BCUT2D eigenvalue weighted by Crippen LogP contribution is -2.37. The Morgan fingerprint density at radius 1 is 0.935 bits per heavy atom. The number of carbonyl (C=O) groups excluding carboxylic acids is 3. The van der Waals surface area contributed by atoms with Crippen molar-refractivity contribution in [2.45, 2.75) is 13.8 Å². The van der Waals surface area contributed by atoms with Gasteiger partial charge < -0.3 is 14.8 Å². The normalized spacial score (nSPS) is 10.9. The van der Waals surface area contributed by atoms with E-state index in [-0.39, 0.29) is 16.8 Å². The fraction of sp³-hybridized carbons (Fsp3) is 0.286. The van der Waals surface area contributed by atoms with Gasteiger partial charge in [-0.1, -0.05) is 6.07 Å². The summed E-state index contributed by atoms with van der Waals surface area (Å²) in [6.07, 6.45) is 0.996. The molecule has 10 heteroatoms. The molecule has 0 aliphatic rings. The molecule has 0 bridgehead atoms. The maximum Gasteiger partial charge on any atom is 0.339 e. The van der Waals surface area contributed by atoms with Crippen LogP contribution in [0.15, 0.2) is 36.4 Å². The first-order chi connectivity index (χ1) is 14.5. The van der Waals surface area contributed by atoms with Crippen LogP contribution in [0.1, 0.15) is 31.8 Å². The highest BCUT2D eigenvalue weighted by Gasteiger charge is 2.23. The summed E-state index contributed by atoms with van der Waals surface area (Å²) >= 11 is 0. The van der Waals surface area contributed by atoms with Gasteiger partial charge in [0, 0.05) is 0 Å². The molecule has 0 aliphatic heterocycles. The zero-order valence-corrected chi connectivity index (χ0v) is 18.7. The van der Waals surface area contributed by atoms with E-state index in [1.165, 1.54) is 32.4 Å². The number of anilines is 2. The number of nitrogens with zero attached hydrogens (tertiary/aromatic N) is 1. The van der Waals surface area contributed by atoms with E-state index < -0.39 is 34.4 Å². The number of benzene rings is 2. The molecule has 1 N–H and O–H groups in total. The molecule has 0 saturated heterocycles. The third-order valence-corrected chi connectivity index (χ3v) is 5.44. The summed E-state index contributed by atoms with van der Waals surface area (Å²) in [5.74, 6) is -2.11. The number of amides is 1. The van der Waals surface area contributed by atoms with Crippen molar-refractivity contribution in [2.75, 3.05) is 36.6 Å². The number of hydrogen-bond acceptors (Lipinski definition) is 7. The molecule has 0 aromatic heterocycles. The van der Waals surface area contributed by atoms with Crippen molar-refractivity contribution in [1.29, 1.82) is 0 Å². The Morgan fingerprint density at radius 3 is 2.03 bits per heavy atom. The molecule has 0 aliphatic carbocycles. The number of esters is 2. The van der Waals surface area contributed by atoms with Crippen LogP contribution in [0.4, 0.5) is 11.4 Å². The number of aryl methyl sites for hydroxylation is 2. The van der Waals surface area contributed by atoms with Crippen LogP contribution < -0.4 is 9.62 Å². The van der Waals surface area contributed by atoms with Crippen LogP contribution in [0.25, 0.3) is 0 Å². The largest absolute Gasteiger partial charge is 0.465 e. The van der Waals surface area contributed by atoms with Crippen LogP contribution >= 0.6 is 0 Å². The number of sulfonamides is 1. The van der Waals surface area contributed by atoms with E-state index in [9.17, 15) is 22.8 Å². The number of carbonyl (C=O) groups is 3. The molecule has 2 aromatic carbocycles. The van der Waals surface area contributed by atoms with Crippen molar-refractivity contribution >= 4 is 39.2 Å². The third-order valence-electron chi connectivity index (χ3n) is 4.30. The average molecular weight is 448 g/mol. The van der Waals surface area contributed by atoms with Gasteiger partial charge in [-0.2, -0.15) is 0 Å². The lowest BCUT2D eigenvalue weighted by Gasteiger charge is -2.23. The van der Waals surface area contributed by atoms with Gasteiger partial charge in [-0.05, 0) is 55.3 Å². The Kier molecular flexibility index (Phi) is 7.40. The van der Waals surface area contributed by atoms with E-state index >= 15 is 0 Å². The van der Waals surface area contributed by atoms with Crippen LogP contribution in [-0.4, -0.2) is 53.3 Å². The maximum absolute atomic E-state index is 12.7. The van der Waals surface area contributed by atoms with Crippen LogP contribution in [0.3, 0.4) is 0 Å². The Hall–Kier alpha value is -3.40. The van der Waals surface area contributed by atoms with Gasteiger partial charge in [0.2, 0.25) is 15.9 Å². The summed E-state index contributed by atoms with van der Waals surface area (Å²) in [7, 11) is -1.42. The van der Waals surface area contributed by atoms with Gasteiger partial charge in [0.05, 0.1) is 43.0 Å². The highest BCUT2D eigenvalue weighted by molar-refractivity contribution is 7.92. The fourth-order valence-corrected chi connectivity index (χ4v) is 3.84. The smallest absolute Gasteiger partial charge is 0.339 e. The number of methoxy groups -OCH3 is 2. The van der Waals surface area contributed by atoms with Crippen molar-refractivity contribution in [2.24, 2.45) is 0 Å². The lowest BCUT2D eigenvalue weighted by molar-refractivity contribution is -0.114. The molecule has 9 nitrogen and oxygen atoms in total. The predicted octanol–water partition coefficient (Wildman–Crippen LogP) is 2.28. The van der Waals surface area contributed by atoms with Crippen molar-refractivity contribution in [3.05, 3.63) is 58.7 Å². The van der Waals surface area contributed by atoms with E-state index in [4.69, 9.17) is 4.74 Å². The van der Waals surface area contributed by atoms with Gasteiger partial charge in [-0.3, -0.25) is 9.10 Å². The second-order valence-electron chi connectivity index (χ2n) is 6.91. The van der Waals surface area contributed by atoms with Crippen LogP contribution in [0.5, 0.6) is 0 Å². The highest BCUT2D eigenvalue weighted by atomic mass is 32.2. The molecule has 31 heavy (non-hydrogen) atoms. The SMILES string of the molecule is COC(=O)c1ccc(C(=O)OC)c(NC(=O)CN(c2cc(C)cc(C)c2)S(C)(=O)=O)c1. The molecular formula is C21H24N2O7S. The summed E-state index contributed by atoms with van der Waals surface area (Å²) in [5, 5.41) is 2.49. The van der Waals surface area contributed by atoms with E-state index in [0.29, 0.717) is 5.69 Å². The Morgan fingerprint density at radius 2 is 1.52 bits per heavy atom. The van der Waals surface area contributed by atoms with Gasteiger partial charge in [-0.25, -0.2) is 18.0 Å². The van der Waals surface area contributed by atoms with Gasteiger partial charge in [-0.15, -0.1) is 0 Å². The zero-order valence-electron chi connectivity index (χ0n) is 17.9. The molecule has 166 valence electrons. The standard InChI is InChI=1S/C21H24N2O7S/c1-13-8-14(2)10-16(9-13)23(31(5,27)28)12-19(24)22-18-11-15(20(25)29-3)6-7-17(18)21(26)30-4/h6-11H,12H2,1-5H3,(H,22,24). The van der Waals surface area contributed by atoms with E-state index in [2.05, 4.69) is 10.1 Å². The fourth-order valence-electron chi connectivity index (χ4n) is 3.00. The molecule has 0 spiro atoms. The first-order valence-electron chi connectivity index (χ1n) is 9.12. The second-order valence-corrected chi connectivity index (χ2v) is 8.81. The zero-order chi connectivity index (χ0) is 23.3. The van der Waals surface area contributed by atoms with E-state index in [1.807, 2.05) is 19.9 Å². The summed E-state index contributed by atoms with van der Waals surface area (Å²) < 4.78 is 35.0. The summed E-state index contributed by atoms with van der Waals surface area (Å²) in [5.41, 5.74) is 2.10. The highest BCUT2D eigenvalue weighted by Crippen LogP contribution is 2.23. The quantitative estimate of drug-likeness (QED) is 0.646. The topological polar surface area (TPSA) is 119 Å². The number of rotatable bonds is 7. The Balaban J connectivity index is 2.40. The van der Waals surface area contributed by atoms with E-state index in [0.717, 1.165) is 21.7 Å². The minimum atomic E-state index is -3.79. The van der Waals surface area contributed by atoms with Gasteiger partial charge in [0.1, 0.15) is 6.54 Å². The third kappa shape index (κ3) is 6.05. The van der Waals surface area contributed by atoms with Gasteiger partial charge in [0.15, 0.2) is 0 Å². The molecule has 0 atom stereocenters. The Labute approximate surface area is 181 Å². The molecule has 0 fully saturated rings. The van der Waals surface area contributed by atoms with Crippen LogP contribution in [0.2, 0.25) is 0 Å². The molecule has 2 rings (SSSR count). The maximum atomic E-state index is 12.7. The number of hydrogen-bond donors (Lipinski definition) is 1. The summed E-state index contributed by atoms with van der Waals surface area (Å²) in [4.78, 5) is 36.6. The van der Waals surface area contributed by atoms with Crippen molar-refractivity contribution < 1.29 is 32.3 Å². The molecule has 2 aromatic rings. The Bertz CT molecular complexity index is 1110. The average Bonchev–Trinajstić information content (AvgIpc) is 2.69. The van der Waals surface area contributed by atoms with Crippen molar-refractivity contribution in [3.8, 4) is 0 Å². The van der Waals surface area contributed by atoms with Crippen molar-refractivity contribution in [1.82, 2.24) is 0 Å². The first kappa shape index (κ1) is 23.9. The molecular weight excluding hydrogens is 424 g/mol. The van der Waals surface area contributed by atoms with Crippen LogP contribution in [0, 0.1) is 13.8 Å². The summed E-state index contributed by atoms with van der Waals surface area (Å²) in [6, 6.07) is 9.11. The molecule has 0 unspecified atom stereocenters. The number of nitrogens with one attached hydrogen (secondary N) is 1. The minimum Gasteiger partial charge on any atom is -0.465 e. The second kappa shape index (κ2) is 9.61. The predicted molar refractivity (Wildman–Crippen MR) is 116 cm³/mol. The van der Waals surface area contributed by atoms with E-state index in [1.54, 1.807) is 12.1 Å². The minimum absolute atomic E-state index is 0.000749. The lowest BCUT2D eigenvalue weighted by atomic mass is 10.1. The molecule has 0 radical (unpaired) electrons. The summed E-state index contributed by atoms with van der Waals surface area (Å²) in [6.45, 7) is 3.10. The number of ether oxygens (including phenoxy) is 2.